The van der Waals surface area contributed by atoms with E-state index in [1.807, 2.05) is 13.8 Å². The van der Waals surface area contributed by atoms with Gasteiger partial charge in [0.1, 0.15) is 0 Å². The van der Waals surface area contributed by atoms with Gasteiger partial charge in [0.25, 0.3) is 0 Å². The summed E-state index contributed by atoms with van der Waals surface area (Å²) < 4.78 is 21.7. The Kier molecular flexibility index (Phi) is 9.70. The summed E-state index contributed by atoms with van der Waals surface area (Å²) in [6.07, 6.45) is 1.63. The second kappa shape index (κ2) is 12.9. The van der Waals surface area contributed by atoms with Gasteiger partial charge in [-0.15, -0.1) is 12.4 Å². The zero-order chi connectivity index (χ0) is 25.5. The number of ether oxygens (including phenoxy) is 4. The van der Waals surface area contributed by atoms with Crippen molar-refractivity contribution in [2.45, 2.75) is 13.8 Å². The molecule has 37 heavy (non-hydrogen) atoms. The molecule has 0 saturated carbocycles. The number of aryl methyl sites for hydroxylation is 2. The van der Waals surface area contributed by atoms with Crippen LogP contribution in [0.4, 0.5) is 23.5 Å². The van der Waals surface area contributed by atoms with Gasteiger partial charge in [0, 0.05) is 24.3 Å². The lowest BCUT2D eigenvalue weighted by molar-refractivity contribution is 0.122. The summed E-state index contributed by atoms with van der Waals surface area (Å²) in [4.78, 5) is 15.8. The molecule has 3 aromatic rings. The van der Waals surface area contributed by atoms with E-state index >= 15 is 0 Å². The minimum absolute atomic E-state index is 0. The van der Waals surface area contributed by atoms with Gasteiger partial charge in [-0.3, -0.25) is 0 Å². The molecular formula is C25H32ClN7O4. The normalized spacial score (nSPS) is 13.2. The highest BCUT2D eigenvalue weighted by Crippen LogP contribution is 2.37. The van der Waals surface area contributed by atoms with Gasteiger partial charge in [0.05, 0.1) is 40.8 Å². The van der Waals surface area contributed by atoms with Crippen LogP contribution in [0, 0.1) is 13.8 Å². The van der Waals surface area contributed by atoms with E-state index in [2.05, 4.69) is 53.9 Å². The number of halogens is 1. The lowest BCUT2D eigenvalue weighted by Crippen LogP contribution is -2.37. The van der Waals surface area contributed by atoms with Crippen molar-refractivity contribution in [2.75, 3.05) is 63.3 Å². The maximum Gasteiger partial charge on any atom is 0.250 e. The van der Waals surface area contributed by atoms with Gasteiger partial charge in [-0.25, -0.2) is 5.43 Å². The molecule has 1 saturated heterocycles. The van der Waals surface area contributed by atoms with Crippen LogP contribution in [-0.2, 0) is 4.74 Å². The first kappa shape index (κ1) is 27.8. The first-order valence-electron chi connectivity index (χ1n) is 11.5. The molecule has 0 radical (unpaired) electrons. The highest BCUT2D eigenvalue weighted by atomic mass is 35.5. The van der Waals surface area contributed by atoms with Crippen LogP contribution in [0.15, 0.2) is 35.4 Å². The number of nitrogens with zero attached hydrogens (tertiary/aromatic N) is 5. The van der Waals surface area contributed by atoms with E-state index in [1.54, 1.807) is 39.7 Å². The summed E-state index contributed by atoms with van der Waals surface area (Å²) in [6.45, 7) is 6.71. The van der Waals surface area contributed by atoms with Gasteiger partial charge in [-0.05, 0) is 43.2 Å². The summed E-state index contributed by atoms with van der Waals surface area (Å²) in [6, 6.07) is 9.78. The summed E-state index contributed by atoms with van der Waals surface area (Å²) in [5, 5.41) is 7.66. The van der Waals surface area contributed by atoms with Crippen molar-refractivity contribution in [1.29, 1.82) is 0 Å². The Labute approximate surface area is 222 Å². The number of morpholine rings is 1. The van der Waals surface area contributed by atoms with Crippen LogP contribution in [0.5, 0.6) is 17.2 Å². The number of anilines is 4. The molecule has 2 N–H and O–H groups in total. The van der Waals surface area contributed by atoms with Crippen molar-refractivity contribution >= 4 is 42.2 Å². The molecule has 0 unspecified atom stereocenters. The molecule has 1 fully saturated rings. The third kappa shape index (κ3) is 6.89. The molecule has 0 spiro atoms. The fourth-order valence-electron chi connectivity index (χ4n) is 3.71. The Bertz CT molecular complexity index is 1210. The molecule has 1 aromatic heterocycles. The quantitative estimate of drug-likeness (QED) is 0.311. The third-order valence-corrected chi connectivity index (χ3v) is 5.62. The number of nitrogens with one attached hydrogen (secondary N) is 2. The van der Waals surface area contributed by atoms with Crippen LogP contribution in [0.25, 0.3) is 0 Å². The van der Waals surface area contributed by atoms with Crippen molar-refractivity contribution in [3.05, 3.63) is 47.0 Å². The van der Waals surface area contributed by atoms with Crippen LogP contribution in [-0.4, -0.2) is 68.8 Å². The van der Waals surface area contributed by atoms with E-state index in [9.17, 15) is 0 Å². The molecule has 1 aliphatic heterocycles. The highest BCUT2D eigenvalue weighted by Gasteiger charge is 2.17. The van der Waals surface area contributed by atoms with Crippen molar-refractivity contribution in [3.8, 4) is 17.2 Å². The minimum Gasteiger partial charge on any atom is -0.493 e. The molecule has 0 bridgehead atoms. The lowest BCUT2D eigenvalue weighted by atomic mass is 10.1. The van der Waals surface area contributed by atoms with Crippen molar-refractivity contribution in [2.24, 2.45) is 5.10 Å². The molecule has 4 rings (SSSR count). The average molecular weight is 530 g/mol. The minimum atomic E-state index is 0. The largest absolute Gasteiger partial charge is 0.493 e. The van der Waals surface area contributed by atoms with E-state index in [1.165, 1.54) is 0 Å². The Hall–Kier alpha value is -3.83. The van der Waals surface area contributed by atoms with Gasteiger partial charge in [0.2, 0.25) is 23.6 Å². The summed E-state index contributed by atoms with van der Waals surface area (Å²) in [5.74, 6) is 2.86. The van der Waals surface area contributed by atoms with Gasteiger partial charge in [-0.2, -0.15) is 20.1 Å². The Balaban J connectivity index is 0.00000380. The van der Waals surface area contributed by atoms with E-state index in [4.69, 9.17) is 18.9 Å². The molecule has 2 heterocycles. The zero-order valence-corrected chi connectivity index (χ0v) is 22.4. The maximum atomic E-state index is 5.48. The van der Waals surface area contributed by atoms with Crippen LogP contribution < -0.4 is 29.9 Å². The number of hydrazone groups is 1. The maximum absolute atomic E-state index is 5.48. The van der Waals surface area contributed by atoms with Crippen molar-refractivity contribution in [1.82, 2.24) is 15.0 Å². The van der Waals surface area contributed by atoms with Gasteiger partial charge in [0.15, 0.2) is 11.5 Å². The SMILES string of the molecule is COc1cc(/C=N/Nc2nc(Nc3cc(C)ccc3C)nc(N3CCOCC3)n2)cc(OC)c1OC.Cl. The zero-order valence-electron chi connectivity index (χ0n) is 21.6. The van der Waals surface area contributed by atoms with Crippen LogP contribution >= 0.6 is 12.4 Å². The number of methoxy groups -OCH3 is 3. The monoisotopic (exact) mass is 529 g/mol. The Morgan fingerprint density at radius 1 is 0.919 bits per heavy atom. The van der Waals surface area contributed by atoms with Crippen molar-refractivity contribution in [3.63, 3.8) is 0 Å². The third-order valence-electron chi connectivity index (χ3n) is 5.62. The van der Waals surface area contributed by atoms with Crippen molar-refractivity contribution < 1.29 is 18.9 Å². The molecular weight excluding hydrogens is 498 g/mol. The first-order chi connectivity index (χ1) is 17.5. The first-order valence-corrected chi connectivity index (χ1v) is 11.5. The van der Waals surface area contributed by atoms with Crippen LogP contribution in [0.3, 0.4) is 0 Å². The molecule has 198 valence electrons. The molecule has 1 aliphatic rings. The van der Waals surface area contributed by atoms with E-state index < -0.39 is 0 Å². The average Bonchev–Trinajstić information content (AvgIpc) is 2.90. The molecule has 12 heteroatoms. The number of benzene rings is 2. The lowest BCUT2D eigenvalue weighted by Gasteiger charge is -2.27. The molecule has 0 amide bonds. The number of hydrogen-bond acceptors (Lipinski definition) is 11. The van der Waals surface area contributed by atoms with Gasteiger partial charge in [-0.1, -0.05) is 12.1 Å². The van der Waals surface area contributed by atoms with E-state index in [0.717, 1.165) is 22.4 Å². The molecule has 0 aliphatic carbocycles. The fraction of sp³-hybridized carbons (Fsp3) is 0.360. The highest BCUT2D eigenvalue weighted by molar-refractivity contribution is 5.85. The van der Waals surface area contributed by atoms with Gasteiger partial charge >= 0.3 is 0 Å². The molecule has 2 aromatic carbocycles. The predicted molar refractivity (Wildman–Crippen MR) is 147 cm³/mol. The standard InChI is InChI=1S/C25H31N7O4.ClH/c1-16-6-7-17(2)19(12-16)27-23-28-24(30-25(29-23)32-8-10-36-11-9-32)31-26-15-18-13-20(33-3)22(35-5)21(14-18)34-4;/h6-7,12-15H,8-11H2,1-5H3,(H2,27,28,29,30,31);1H/b26-15+;. The van der Waals surface area contributed by atoms with E-state index in [-0.39, 0.29) is 12.4 Å². The summed E-state index contributed by atoms with van der Waals surface area (Å²) in [7, 11) is 4.70. The fourth-order valence-corrected chi connectivity index (χ4v) is 3.71. The topological polar surface area (TPSA) is 115 Å². The molecule has 0 atom stereocenters. The number of aromatic nitrogens is 3. The number of rotatable bonds is 9. The predicted octanol–water partition coefficient (Wildman–Crippen LogP) is 3.96. The second-order valence-electron chi connectivity index (χ2n) is 8.15. The molecule has 11 nitrogen and oxygen atoms in total. The number of hydrogen-bond donors (Lipinski definition) is 2. The van der Waals surface area contributed by atoms with Crippen LogP contribution in [0.1, 0.15) is 16.7 Å². The summed E-state index contributed by atoms with van der Waals surface area (Å²) in [5.41, 5.74) is 6.82. The van der Waals surface area contributed by atoms with Crippen LogP contribution in [0.2, 0.25) is 0 Å². The van der Waals surface area contributed by atoms with Gasteiger partial charge < -0.3 is 29.2 Å². The Morgan fingerprint density at radius 3 is 2.24 bits per heavy atom. The second-order valence-corrected chi connectivity index (χ2v) is 8.15. The summed E-state index contributed by atoms with van der Waals surface area (Å²) >= 11 is 0. The Morgan fingerprint density at radius 2 is 1.59 bits per heavy atom. The van der Waals surface area contributed by atoms with E-state index in [0.29, 0.717) is 61.4 Å². The smallest absolute Gasteiger partial charge is 0.250 e.